The second-order valence-electron chi connectivity index (χ2n) is 14.8. The summed E-state index contributed by atoms with van der Waals surface area (Å²) in [6, 6.07) is -0.948. The van der Waals surface area contributed by atoms with Crippen molar-refractivity contribution in [1.82, 2.24) is 5.32 Å². The number of carbonyl (C=O) groups is 1. The maximum absolute atomic E-state index is 12.8. The Morgan fingerprint density at radius 1 is 0.731 bits per heavy atom. The summed E-state index contributed by atoms with van der Waals surface area (Å²) in [7, 11) is 1.16. The van der Waals surface area contributed by atoms with Crippen molar-refractivity contribution in [1.29, 1.82) is 0 Å². The molecule has 0 aromatic heterocycles. The van der Waals surface area contributed by atoms with E-state index in [9.17, 15) is 24.5 Å². The molecule has 302 valence electrons. The Labute approximate surface area is 318 Å². The number of nitrogens with zero attached hydrogens (tertiary/aromatic N) is 1. The van der Waals surface area contributed by atoms with Crippen LogP contribution in [-0.2, 0) is 18.4 Å². The number of hydrogen-bond acceptors (Lipinski definition) is 7. The van der Waals surface area contributed by atoms with E-state index in [-0.39, 0.29) is 18.9 Å². The van der Waals surface area contributed by atoms with Gasteiger partial charge in [0, 0.05) is 6.42 Å². The molecule has 10 heteroatoms. The van der Waals surface area contributed by atoms with Crippen molar-refractivity contribution in [3.8, 4) is 0 Å². The largest absolute Gasteiger partial charge is 0.756 e. The van der Waals surface area contributed by atoms with Crippen molar-refractivity contribution in [2.75, 3.05) is 40.9 Å². The van der Waals surface area contributed by atoms with E-state index in [1.165, 1.54) is 70.6 Å². The van der Waals surface area contributed by atoms with Crippen LogP contribution in [0.1, 0.15) is 142 Å². The van der Waals surface area contributed by atoms with Crippen LogP contribution < -0.4 is 10.2 Å². The second-order valence-corrected chi connectivity index (χ2v) is 16.2. The fourth-order valence-electron chi connectivity index (χ4n) is 5.22. The lowest BCUT2D eigenvalue weighted by molar-refractivity contribution is -0.870. The molecule has 0 bridgehead atoms. The van der Waals surface area contributed by atoms with E-state index in [2.05, 4.69) is 37.4 Å². The van der Waals surface area contributed by atoms with Crippen LogP contribution in [0.25, 0.3) is 0 Å². The molecule has 1 amide bonds. The van der Waals surface area contributed by atoms with Gasteiger partial charge in [0.1, 0.15) is 13.2 Å². The van der Waals surface area contributed by atoms with Crippen molar-refractivity contribution >= 4 is 13.7 Å². The number of quaternary nitrogens is 1. The second kappa shape index (κ2) is 33.7. The highest BCUT2D eigenvalue weighted by atomic mass is 31.2. The number of phosphoric acid groups is 1. The molecule has 2 unspecified atom stereocenters. The monoisotopic (exact) mass is 753 g/mol. The predicted octanol–water partition coefficient (Wildman–Crippen LogP) is 9.02. The van der Waals surface area contributed by atoms with Gasteiger partial charge < -0.3 is 34.0 Å². The lowest BCUT2D eigenvalue weighted by atomic mass is 10.1. The van der Waals surface area contributed by atoms with Gasteiger partial charge in [-0.05, 0) is 51.4 Å². The Bertz CT molecular complexity index is 1050. The molecule has 0 radical (unpaired) electrons. The Balaban J connectivity index is 4.71. The van der Waals surface area contributed by atoms with Crippen molar-refractivity contribution < 1.29 is 38.0 Å². The first kappa shape index (κ1) is 50.2. The van der Waals surface area contributed by atoms with Crippen molar-refractivity contribution in [3.63, 3.8) is 0 Å². The molecular formula is C42H77N2O7P. The average Bonchev–Trinajstić information content (AvgIpc) is 3.08. The summed E-state index contributed by atoms with van der Waals surface area (Å²) in [5.41, 5.74) is 0. The molecule has 0 aliphatic heterocycles. The molecule has 0 heterocycles. The third-order valence-electron chi connectivity index (χ3n) is 8.55. The van der Waals surface area contributed by atoms with Gasteiger partial charge in [-0.15, -0.1) is 0 Å². The molecule has 0 aliphatic rings. The highest BCUT2D eigenvalue weighted by Gasteiger charge is 2.23. The smallest absolute Gasteiger partial charge is 0.268 e. The third kappa shape index (κ3) is 35.2. The van der Waals surface area contributed by atoms with Gasteiger partial charge in [-0.2, -0.15) is 0 Å². The lowest BCUT2D eigenvalue weighted by Crippen LogP contribution is -2.45. The molecule has 0 aromatic carbocycles. The van der Waals surface area contributed by atoms with Gasteiger partial charge in [0.15, 0.2) is 0 Å². The Morgan fingerprint density at radius 2 is 1.31 bits per heavy atom. The molecule has 0 fully saturated rings. The van der Waals surface area contributed by atoms with Crippen LogP contribution in [0.4, 0.5) is 0 Å². The first-order valence-corrected chi connectivity index (χ1v) is 21.7. The molecular weight excluding hydrogens is 675 g/mol. The summed E-state index contributed by atoms with van der Waals surface area (Å²) >= 11 is 0. The summed E-state index contributed by atoms with van der Waals surface area (Å²) in [5.74, 6) is -0.301. The lowest BCUT2D eigenvalue weighted by Gasteiger charge is -2.29. The Kier molecular flexibility index (Phi) is 32.5. The third-order valence-corrected chi connectivity index (χ3v) is 9.52. The van der Waals surface area contributed by atoms with Gasteiger partial charge in [-0.3, -0.25) is 9.36 Å². The number of carbonyl (C=O) groups excluding carboxylic acids is 1. The van der Waals surface area contributed by atoms with E-state index >= 15 is 0 Å². The number of nitrogens with one attached hydrogen (secondary N) is 1. The molecule has 0 rings (SSSR count). The van der Waals surface area contributed by atoms with E-state index in [0.717, 1.165) is 32.1 Å². The highest BCUT2D eigenvalue weighted by molar-refractivity contribution is 7.45. The number of allylic oxidation sites excluding steroid dienone is 7. The van der Waals surface area contributed by atoms with Gasteiger partial charge in [0.25, 0.3) is 7.82 Å². The number of unbranched alkanes of at least 4 members (excludes halogenated alkanes) is 14. The van der Waals surface area contributed by atoms with Gasteiger partial charge in [-0.1, -0.05) is 145 Å². The first-order chi connectivity index (χ1) is 24.9. The quantitative estimate of drug-likeness (QED) is 0.0194. The fourth-order valence-corrected chi connectivity index (χ4v) is 5.95. The van der Waals surface area contributed by atoms with Crippen LogP contribution in [-0.4, -0.2) is 79.8 Å². The number of amides is 1. The van der Waals surface area contributed by atoms with Crippen LogP contribution in [0.15, 0.2) is 60.8 Å². The summed E-state index contributed by atoms with van der Waals surface area (Å²) in [6.45, 7) is 4.45. The average molecular weight is 753 g/mol. The standard InChI is InChI=1S/C42H77N2O7P/c1-6-8-10-12-14-16-17-18-20-22-26-30-34-41(46)40(38-51-52(48,49)50-37-36-44(3,4)5)43-42(47)35-31-27-23-25-29-33-39(45)32-28-24-21-19-15-13-11-9-7-2/h15,19,23-25,28-30,33-34,39-41,45-46H,6-14,16-18,20-22,26-27,31-32,35-38H2,1-5H3,(H-,43,47,48,49)/b19-15-,25-23+,28-24-,33-29-,34-30+/t39?,40-,41+/m0/s1. The van der Waals surface area contributed by atoms with E-state index in [1.807, 2.05) is 51.5 Å². The molecule has 0 saturated carbocycles. The molecule has 0 spiro atoms. The molecule has 0 aliphatic carbocycles. The zero-order valence-electron chi connectivity index (χ0n) is 33.6. The van der Waals surface area contributed by atoms with Crippen molar-refractivity contribution in [2.45, 2.75) is 161 Å². The molecule has 52 heavy (non-hydrogen) atoms. The van der Waals surface area contributed by atoms with Gasteiger partial charge in [0.2, 0.25) is 5.91 Å². The maximum atomic E-state index is 12.8. The number of aliphatic hydroxyl groups is 2. The number of hydrogen-bond donors (Lipinski definition) is 3. The van der Waals surface area contributed by atoms with Crippen molar-refractivity contribution in [3.05, 3.63) is 60.8 Å². The van der Waals surface area contributed by atoms with Gasteiger partial charge in [0.05, 0.1) is 46.0 Å². The van der Waals surface area contributed by atoms with Crippen LogP contribution in [0.3, 0.4) is 0 Å². The van der Waals surface area contributed by atoms with Crippen LogP contribution in [0.5, 0.6) is 0 Å². The maximum Gasteiger partial charge on any atom is 0.268 e. The van der Waals surface area contributed by atoms with Gasteiger partial charge in [-0.25, -0.2) is 0 Å². The van der Waals surface area contributed by atoms with E-state index in [1.54, 1.807) is 12.2 Å². The minimum absolute atomic E-state index is 0.0293. The number of likely N-dealkylation sites (N-methyl/N-ethyl adjacent to an activating group) is 1. The summed E-state index contributed by atoms with van der Waals surface area (Å²) in [5, 5.41) is 23.8. The number of phosphoric ester groups is 1. The highest BCUT2D eigenvalue weighted by Crippen LogP contribution is 2.38. The van der Waals surface area contributed by atoms with E-state index in [0.29, 0.717) is 30.3 Å². The summed E-state index contributed by atoms with van der Waals surface area (Å²) in [4.78, 5) is 25.2. The number of rotatable bonds is 35. The number of aliphatic hydroxyl groups excluding tert-OH is 2. The zero-order valence-corrected chi connectivity index (χ0v) is 34.5. The first-order valence-electron chi connectivity index (χ1n) is 20.3. The van der Waals surface area contributed by atoms with E-state index in [4.69, 9.17) is 9.05 Å². The SMILES string of the molecule is CCCCC/C=C\C/C=C\CC(O)/C=C\C=C\CCCC(=O)N[C@@H](COP(=O)([O-])OCC[N+](C)(C)C)[C@H](O)/C=C/CCCCCCCCCCCC. The molecule has 9 nitrogen and oxygen atoms in total. The van der Waals surface area contributed by atoms with Crippen molar-refractivity contribution in [2.24, 2.45) is 0 Å². The van der Waals surface area contributed by atoms with E-state index < -0.39 is 32.7 Å². The normalized spacial score (nSPS) is 15.8. The summed E-state index contributed by atoms with van der Waals surface area (Å²) < 4.78 is 23.0. The topological polar surface area (TPSA) is 128 Å². The molecule has 0 aromatic rings. The Hall–Kier alpha value is -1.84. The summed E-state index contributed by atoms with van der Waals surface area (Å²) in [6.07, 6.45) is 38.6. The van der Waals surface area contributed by atoms with Crippen LogP contribution in [0.2, 0.25) is 0 Å². The molecule has 4 atom stereocenters. The van der Waals surface area contributed by atoms with Crippen LogP contribution in [0, 0.1) is 0 Å². The molecule has 0 saturated heterocycles. The zero-order chi connectivity index (χ0) is 38.8. The van der Waals surface area contributed by atoms with Gasteiger partial charge >= 0.3 is 0 Å². The van der Waals surface area contributed by atoms with Crippen LogP contribution >= 0.6 is 7.82 Å². The minimum Gasteiger partial charge on any atom is -0.756 e. The molecule has 3 N–H and O–H groups in total. The Morgan fingerprint density at radius 3 is 1.98 bits per heavy atom. The predicted molar refractivity (Wildman–Crippen MR) is 216 cm³/mol. The fraction of sp³-hybridized carbons (Fsp3) is 0.738. The minimum atomic E-state index is -4.62.